The van der Waals surface area contributed by atoms with Gasteiger partial charge in [-0.2, -0.15) is 0 Å². The molecule has 0 aliphatic carbocycles. The number of rotatable bonds is 3. The molecule has 1 saturated heterocycles. The SMILES string of the molecule is Brc1cc(-c2nc3cc(OC4CCOC4)ccc3o2)ccn1. The highest BCUT2D eigenvalue weighted by molar-refractivity contribution is 9.10. The summed E-state index contributed by atoms with van der Waals surface area (Å²) in [7, 11) is 0. The Morgan fingerprint density at radius 3 is 3.00 bits per heavy atom. The van der Waals surface area contributed by atoms with E-state index >= 15 is 0 Å². The maximum atomic E-state index is 5.89. The first-order valence-corrected chi connectivity index (χ1v) is 7.84. The van der Waals surface area contributed by atoms with Gasteiger partial charge in [-0.15, -0.1) is 0 Å². The molecule has 112 valence electrons. The lowest BCUT2D eigenvalue weighted by Gasteiger charge is -2.10. The van der Waals surface area contributed by atoms with Crippen LogP contribution in [-0.4, -0.2) is 29.3 Å². The van der Waals surface area contributed by atoms with Crippen molar-refractivity contribution in [3.63, 3.8) is 0 Å². The highest BCUT2D eigenvalue weighted by atomic mass is 79.9. The second kappa shape index (κ2) is 5.70. The highest BCUT2D eigenvalue weighted by Gasteiger charge is 2.18. The van der Waals surface area contributed by atoms with Crippen LogP contribution in [0.1, 0.15) is 6.42 Å². The number of halogens is 1. The molecule has 1 fully saturated rings. The zero-order valence-electron chi connectivity index (χ0n) is 11.7. The number of fused-ring (bicyclic) bond motifs is 1. The lowest BCUT2D eigenvalue weighted by atomic mass is 10.3. The summed E-state index contributed by atoms with van der Waals surface area (Å²) in [5.41, 5.74) is 2.39. The van der Waals surface area contributed by atoms with Gasteiger partial charge in [0.15, 0.2) is 5.58 Å². The number of ether oxygens (including phenoxy) is 2. The van der Waals surface area contributed by atoms with E-state index in [9.17, 15) is 0 Å². The van der Waals surface area contributed by atoms with E-state index < -0.39 is 0 Å². The minimum atomic E-state index is 0.125. The highest BCUT2D eigenvalue weighted by Crippen LogP contribution is 2.28. The Labute approximate surface area is 135 Å². The van der Waals surface area contributed by atoms with Crippen LogP contribution in [0.2, 0.25) is 0 Å². The van der Waals surface area contributed by atoms with Crippen LogP contribution in [-0.2, 0) is 4.74 Å². The van der Waals surface area contributed by atoms with Gasteiger partial charge in [-0.3, -0.25) is 0 Å². The summed E-state index contributed by atoms with van der Waals surface area (Å²) >= 11 is 3.35. The summed E-state index contributed by atoms with van der Waals surface area (Å²) in [6.45, 7) is 1.41. The molecule has 1 unspecified atom stereocenters. The van der Waals surface area contributed by atoms with Gasteiger partial charge >= 0.3 is 0 Å². The molecule has 4 rings (SSSR count). The molecule has 6 heteroatoms. The molecule has 3 aromatic rings. The van der Waals surface area contributed by atoms with Gasteiger partial charge in [0.05, 0.1) is 13.2 Å². The second-order valence-corrected chi connectivity index (χ2v) is 5.93. The molecule has 0 amide bonds. The molecule has 5 nitrogen and oxygen atoms in total. The molecule has 1 aromatic carbocycles. The zero-order chi connectivity index (χ0) is 14.9. The zero-order valence-corrected chi connectivity index (χ0v) is 13.2. The summed E-state index contributed by atoms with van der Waals surface area (Å²) < 4.78 is 17.8. The van der Waals surface area contributed by atoms with E-state index in [4.69, 9.17) is 13.9 Å². The van der Waals surface area contributed by atoms with Crippen LogP contribution in [0.3, 0.4) is 0 Å². The third-order valence-corrected chi connectivity index (χ3v) is 3.96. The van der Waals surface area contributed by atoms with Crippen LogP contribution in [0.5, 0.6) is 5.75 Å². The van der Waals surface area contributed by atoms with Crippen molar-refractivity contribution in [1.82, 2.24) is 9.97 Å². The summed E-state index contributed by atoms with van der Waals surface area (Å²) in [6, 6.07) is 9.42. The van der Waals surface area contributed by atoms with Gasteiger partial charge in [0.25, 0.3) is 0 Å². The third-order valence-electron chi connectivity index (χ3n) is 3.52. The van der Waals surface area contributed by atoms with E-state index in [-0.39, 0.29) is 6.10 Å². The van der Waals surface area contributed by atoms with E-state index in [1.54, 1.807) is 6.20 Å². The quantitative estimate of drug-likeness (QED) is 0.664. The van der Waals surface area contributed by atoms with Crippen molar-refractivity contribution in [1.29, 1.82) is 0 Å². The van der Waals surface area contributed by atoms with Gasteiger partial charge in [-0.25, -0.2) is 9.97 Å². The average Bonchev–Trinajstić information content (AvgIpc) is 3.16. The Hall–Kier alpha value is -1.92. The smallest absolute Gasteiger partial charge is 0.227 e. The topological polar surface area (TPSA) is 57.4 Å². The molecule has 0 bridgehead atoms. The van der Waals surface area contributed by atoms with Crippen molar-refractivity contribution in [2.75, 3.05) is 13.2 Å². The fourth-order valence-electron chi connectivity index (χ4n) is 2.44. The largest absolute Gasteiger partial charge is 0.488 e. The molecule has 0 N–H and O–H groups in total. The number of oxazole rings is 1. The van der Waals surface area contributed by atoms with Crippen molar-refractivity contribution in [3.05, 3.63) is 41.1 Å². The van der Waals surface area contributed by atoms with Crippen LogP contribution in [0.4, 0.5) is 0 Å². The van der Waals surface area contributed by atoms with E-state index in [0.29, 0.717) is 12.5 Å². The lowest BCUT2D eigenvalue weighted by molar-refractivity contribution is 0.141. The third kappa shape index (κ3) is 2.71. The van der Waals surface area contributed by atoms with Gasteiger partial charge < -0.3 is 13.9 Å². The first-order valence-electron chi connectivity index (χ1n) is 7.05. The van der Waals surface area contributed by atoms with Crippen LogP contribution < -0.4 is 4.74 Å². The molecular weight excluding hydrogens is 348 g/mol. The Kier molecular flexibility index (Phi) is 3.56. The molecule has 0 radical (unpaired) electrons. The summed E-state index contributed by atoms with van der Waals surface area (Å²) in [5.74, 6) is 1.36. The maximum Gasteiger partial charge on any atom is 0.227 e. The molecule has 0 saturated carbocycles. The predicted molar refractivity (Wildman–Crippen MR) is 84.8 cm³/mol. The van der Waals surface area contributed by atoms with Crippen molar-refractivity contribution in [2.45, 2.75) is 12.5 Å². The fourth-order valence-corrected chi connectivity index (χ4v) is 2.80. The maximum absolute atomic E-state index is 5.89. The van der Waals surface area contributed by atoms with E-state index in [1.165, 1.54) is 0 Å². The van der Waals surface area contributed by atoms with Gasteiger partial charge in [0.2, 0.25) is 5.89 Å². The fraction of sp³-hybridized carbons (Fsp3) is 0.250. The molecule has 2 aromatic heterocycles. The van der Waals surface area contributed by atoms with E-state index in [1.807, 2.05) is 30.3 Å². The molecule has 0 spiro atoms. The number of benzene rings is 1. The Morgan fingerprint density at radius 2 is 2.18 bits per heavy atom. The van der Waals surface area contributed by atoms with Crippen molar-refractivity contribution in [3.8, 4) is 17.2 Å². The minimum Gasteiger partial charge on any atom is -0.488 e. The minimum absolute atomic E-state index is 0.125. The standard InChI is InChI=1S/C16H13BrN2O3/c17-15-7-10(3-5-18-15)16-19-13-8-11(1-2-14(13)22-16)21-12-4-6-20-9-12/h1-3,5,7-8,12H,4,6,9H2. The molecule has 1 aliphatic heterocycles. The molecule has 1 atom stereocenters. The Bertz CT molecular complexity index is 812. The second-order valence-electron chi connectivity index (χ2n) is 5.12. The number of hydrogen-bond donors (Lipinski definition) is 0. The van der Waals surface area contributed by atoms with Crippen molar-refractivity contribution in [2.24, 2.45) is 0 Å². The van der Waals surface area contributed by atoms with E-state index in [0.717, 1.165) is 40.0 Å². The number of pyridine rings is 1. The Morgan fingerprint density at radius 1 is 1.23 bits per heavy atom. The number of aromatic nitrogens is 2. The van der Waals surface area contributed by atoms with Crippen LogP contribution >= 0.6 is 15.9 Å². The van der Waals surface area contributed by atoms with Crippen molar-refractivity contribution < 1.29 is 13.9 Å². The summed E-state index contributed by atoms with van der Waals surface area (Å²) in [6.07, 6.45) is 2.76. The summed E-state index contributed by atoms with van der Waals surface area (Å²) in [4.78, 5) is 8.64. The van der Waals surface area contributed by atoms with E-state index in [2.05, 4.69) is 25.9 Å². The first-order chi connectivity index (χ1) is 10.8. The van der Waals surface area contributed by atoms with Crippen LogP contribution in [0, 0.1) is 0 Å². The number of nitrogens with zero attached hydrogens (tertiary/aromatic N) is 2. The molecule has 22 heavy (non-hydrogen) atoms. The molecule has 1 aliphatic rings. The normalized spacial score (nSPS) is 18.0. The van der Waals surface area contributed by atoms with Gasteiger partial charge in [0.1, 0.15) is 22.0 Å². The summed E-state index contributed by atoms with van der Waals surface area (Å²) in [5, 5.41) is 0. The Balaban J connectivity index is 1.65. The monoisotopic (exact) mass is 360 g/mol. The van der Waals surface area contributed by atoms with Crippen LogP contribution in [0.25, 0.3) is 22.6 Å². The molecular formula is C16H13BrN2O3. The van der Waals surface area contributed by atoms with Gasteiger partial charge in [0, 0.05) is 24.2 Å². The molecule has 3 heterocycles. The average molecular weight is 361 g/mol. The van der Waals surface area contributed by atoms with Crippen LogP contribution in [0.15, 0.2) is 45.5 Å². The lowest BCUT2D eigenvalue weighted by Crippen LogP contribution is -2.15. The van der Waals surface area contributed by atoms with Gasteiger partial charge in [-0.05, 0) is 40.2 Å². The number of hydrogen-bond acceptors (Lipinski definition) is 5. The van der Waals surface area contributed by atoms with Gasteiger partial charge in [-0.1, -0.05) is 0 Å². The predicted octanol–water partition coefficient (Wildman–Crippen LogP) is 3.82. The first kappa shape index (κ1) is 13.7. The van der Waals surface area contributed by atoms with Crippen molar-refractivity contribution >= 4 is 27.0 Å².